The van der Waals surface area contributed by atoms with Gasteiger partial charge in [0.15, 0.2) is 0 Å². The van der Waals surface area contributed by atoms with E-state index in [4.69, 9.17) is 9.84 Å². The maximum atomic E-state index is 13.2. The van der Waals surface area contributed by atoms with Crippen molar-refractivity contribution in [1.82, 2.24) is 5.32 Å². The van der Waals surface area contributed by atoms with Gasteiger partial charge >= 0.3 is 0 Å². The minimum absolute atomic E-state index is 0.111. The molecule has 0 heterocycles. The smallest absolute Gasteiger partial charge is 0.127 e. The lowest BCUT2D eigenvalue weighted by atomic mass is 10.1. The Morgan fingerprint density at radius 3 is 2.89 bits per heavy atom. The number of ether oxygens (including phenoxy) is 1. The molecule has 0 saturated heterocycles. The van der Waals surface area contributed by atoms with Gasteiger partial charge in [-0.2, -0.15) is 0 Å². The number of nitrogens with one attached hydrogen (secondary N) is 1. The van der Waals surface area contributed by atoms with Crippen molar-refractivity contribution in [2.75, 3.05) is 26.3 Å². The van der Waals surface area contributed by atoms with Crippen LogP contribution in [0.5, 0.6) is 5.75 Å². The normalized spacial score (nSPS) is 10.8. The molecule has 0 bridgehead atoms. The molecule has 0 aliphatic rings. The van der Waals surface area contributed by atoms with Crippen LogP contribution >= 0.6 is 0 Å². The van der Waals surface area contributed by atoms with Gasteiger partial charge in [-0.05, 0) is 23.6 Å². The molecule has 0 saturated carbocycles. The molecule has 0 fully saturated rings. The lowest BCUT2D eigenvalue weighted by molar-refractivity contribution is 0.277. The molecule has 96 valence electrons. The van der Waals surface area contributed by atoms with Crippen LogP contribution in [0, 0.1) is 5.82 Å². The van der Waals surface area contributed by atoms with Gasteiger partial charge in [0, 0.05) is 18.5 Å². The van der Waals surface area contributed by atoms with Crippen molar-refractivity contribution in [3.05, 3.63) is 42.2 Å². The third-order valence-electron chi connectivity index (χ3n) is 2.63. The third kappa shape index (κ3) is 3.18. The van der Waals surface area contributed by atoms with Crippen LogP contribution in [0.2, 0.25) is 0 Å². The molecule has 0 aliphatic heterocycles. The topological polar surface area (TPSA) is 41.5 Å². The van der Waals surface area contributed by atoms with Crippen LogP contribution in [0.25, 0.3) is 10.8 Å². The summed E-state index contributed by atoms with van der Waals surface area (Å²) in [5, 5.41) is 13.4. The van der Waals surface area contributed by atoms with Gasteiger partial charge in [-0.25, -0.2) is 4.39 Å². The van der Waals surface area contributed by atoms with Crippen LogP contribution in [-0.2, 0) is 0 Å². The molecule has 3 nitrogen and oxygen atoms in total. The Bertz CT molecular complexity index is 516. The number of rotatable bonds is 6. The van der Waals surface area contributed by atoms with E-state index in [-0.39, 0.29) is 12.4 Å². The van der Waals surface area contributed by atoms with Crippen LogP contribution in [0.1, 0.15) is 0 Å². The van der Waals surface area contributed by atoms with E-state index >= 15 is 0 Å². The molecule has 2 aromatic carbocycles. The van der Waals surface area contributed by atoms with Gasteiger partial charge in [0.25, 0.3) is 0 Å². The van der Waals surface area contributed by atoms with Crippen molar-refractivity contribution in [3.8, 4) is 5.75 Å². The summed E-state index contributed by atoms with van der Waals surface area (Å²) in [5.74, 6) is 0.412. The first-order valence-corrected chi connectivity index (χ1v) is 5.94. The Morgan fingerprint density at radius 2 is 2.06 bits per heavy atom. The maximum absolute atomic E-state index is 13.2. The van der Waals surface area contributed by atoms with Gasteiger partial charge < -0.3 is 15.2 Å². The number of benzene rings is 2. The average Bonchev–Trinajstić information content (AvgIpc) is 2.39. The zero-order valence-electron chi connectivity index (χ0n) is 10.0. The molecule has 0 aliphatic carbocycles. The van der Waals surface area contributed by atoms with E-state index in [1.807, 2.05) is 18.2 Å². The summed E-state index contributed by atoms with van der Waals surface area (Å²) in [6, 6.07) is 10.3. The number of fused-ring (bicyclic) bond motifs is 1. The number of halogens is 1. The summed E-state index contributed by atoms with van der Waals surface area (Å²) >= 11 is 0. The van der Waals surface area contributed by atoms with Crippen molar-refractivity contribution in [3.63, 3.8) is 0 Å². The fraction of sp³-hybridized carbons (Fsp3) is 0.286. The van der Waals surface area contributed by atoms with Crippen LogP contribution in [0.4, 0.5) is 4.39 Å². The monoisotopic (exact) mass is 249 g/mol. The lowest BCUT2D eigenvalue weighted by Gasteiger charge is -2.09. The zero-order chi connectivity index (χ0) is 12.8. The van der Waals surface area contributed by atoms with E-state index in [1.54, 1.807) is 6.07 Å². The summed E-state index contributed by atoms with van der Waals surface area (Å²) in [4.78, 5) is 0. The summed E-state index contributed by atoms with van der Waals surface area (Å²) in [7, 11) is 0. The Hall–Kier alpha value is -1.65. The van der Waals surface area contributed by atoms with Gasteiger partial charge in [0.05, 0.1) is 6.61 Å². The first-order chi connectivity index (χ1) is 8.81. The highest BCUT2D eigenvalue weighted by Gasteiger charge is 2.03. The number of aliphatic hydroxyl groups excluding tert-OH is 1. The first-order valence-electron chi connectivity index (χ1n) is 5.94. The molecule has 0 unspecified atom stereocenters. The van der Waals surface area contributed by atoms with Gasteiger partial charge in [-0.1, -0.05) is 18.2 Å². The Labute approximate surface area is 105 Å². The Morgan fingerprint density at radius 1 is 1.17 bits per heavy atom. The summed E-state index contributed by atoms with van der Waals surface area (Å²) in [6.07, 6.45) is 0. The second-order valence-electron chi connectivity index (χ2n) is 3.94. The number of hydrogen-bond donors (Lipinski definition) is 2. The van der Waals surface area contributed by atoms with Gasteiger partial charge in [0.1, 0.15) is 18.2 Å². The highest BCUT2D eigenvalue weighted by atomic mass is 19.1. The summed E-state index contributed by atoms with van der Waals surface area (Å²) in [5.41, 5.74) is 0. The van der Waals surface area contributed by atoms with Crippen LogP contribution in [0.15, 0.2) is 36.4 Å². The Kier molecular flexibility index (Phi) is 4.50. The van der Waals surface area contributed by atoms with Gasteiger partial charge in [-0.15, -0.1) is 0 Å². The number of aliphatic hydroxyl groups is 1. The zero-order valence-corrected chi connectivity index (χ0v) is 10.0. The molecule has 0 aromatic heterocycles. The van der Waals surface area contributed by atoms with Crippen LogP contribution in [-0.4, -0.2) is 31.4 Å². The SMILES string of the molecule is OCCNCCOc1cccc2ccc(F)cc12. The van der Waals surface area contributed by atoms with E-state index in [0.29, 0.717) is 25.4 Å². The third-order valence-corrected chi connectivity index (χ3v) is 2.63. The Balaban J connectivity index is 2.05. The van der Waals surface area contributed by atoms with Crippen LogP contribution < -0.4 is 10.1 Å². The van der Waals surface area contributed by atoms with Gasteiger partial charge in [-0.3, -0.25) is 0 Å². The van der Waals surface area contributed by atoms with Crippen molar-refractivity contribution in [1.29, 1.82) is 0 Å². The minimum Gasteiger partial charge on any atom is -0.492 e. The number of hydrogen-bond acceptors (Lipinski definition) is 3. The maximum Gasteiger partial charge on any atom is 0.127 e. The molecule has 2 N–H and O–H groups in total. The molecule has 2 aromatic rings. The molecular formula is C14H16FNO2. The highest BCUT2D eigenvalue weighted by Crippen LogP contribution is 2.26. The molecule has 4 heteroatoms. The lowest BCUT2D eigenvalue weighted by Crippen LogP contribution is -2.23. The predicted octanol–water partition coefficient (Wildman–Crippen LogP) is 1.94. The first kappa shape index (κ1) is 12.8. The van der Waals surface area contributed by atoms with Crippen molar-refractivity contribution in [2.45, 2.75) is 0 Å². The van der Waals surface area contributed by atoms with Crippen molar-refractivity contribution >= 4 is 10.8 Å². The van der Waals surface area contributed by atoms with Crippen molar-refractivity contribution < 1.29 is 14.2 Å². The molecular weight excluding hydrogens is 233 g/mol. The molecule has 0 radical (unpaired) electrons. The van der Waals surface area contributed by atoms with Crippen LogP contribution in [0.3, 0.4) is 0 Å². The van der Waals surface area contributed by atoms with E-state index < -0.39 is 0 Å². The molecule has 0 atom stereocenters. The quantitative estimate of drug-likeness (QED) is 0.769. The summed E-state index contributed by atoms with van der Waals surface area (Å²) in [6.45, 7) is 1.79. The molecule has 18 heavy (non-hydrogen) atoms. The molecule has 0 amide bonds. The average molecular weight is 249 g/mol. The van der Waals surface area contributed by atoms with E-state index in [1.165, 1.54) is 12.1 Å². The predicted molar refractivity (Wildman–Crippen MR) is 69.4 cm³/mol. The minimum atomic E-state index is -0.267. The van der Waals surface area contributed by atoms with E-state index in [2.05, 4.69) is 5.32 Å². The van der Waals surface area contributed by atoms with E-state index in [9.17, 15) is 4.39 Å². The fourth-order valence-electron chi connectivity index (χ4n) is 1.78. The molecule has 2 rings (SSSR count). The fourth-order valence-corrected chi connectivity index (χ4v) is 1.78. The van der Waals surface area contributed by atoms with Gasteiger partial charge in [0.2, 0.25) is 0 Å². The summed E-state index contributed by atoms with van der Waals surface area (Å²) < 4.78 is 18.8. The largest absolute Gasteiger partial charge is 0.492 e. The molecule has 0 spiro atoms. The second-order valence-corrected chi connectivity index (χ2v) is 3.94. The highest BCUT2D eigenvalue weighted by molar-refractivity contribution is 5.88. The standard InChI is InChI=1S/C14H16FNO2/c15-12-5-4-11-2-1-3-14(13(11)10-12)18-9-7-16-6-8-17/h1-5,10,16-17H,6-9H2. The second kappa shape index (κ2) is 6.33. The van der Waals surface area contributed by atoms with Crippen molar-refractivity contribution in [2.24, 2.45) is 0 Å². The van der Waals surface area contributed by atoms with E-state index in [0.717, 1.165) is 10.8 Å².